The van der Waals surface area contributed by atoms with Crippen molar-refractivity contribution in [1.82, 2.24) is 10.5 Å². The van der Waals surface area contributed by atoms with Crippen molar-refractivity contribution in [1.29, 1.82) is 0 Å². The molecule has 3 aromatic rings. The zero-order chi connectivity index (χ0) is 20.8. The molecule has 0 radical (unpaired) electrons. The maximum atomic E-state index is 12.8. The molecule has 3 rings (SSSR count). The van der Waals surface area contributed by atoms with Crippen molar-refractivity contribution >= 4 is 17.7 Å². The lowest BCUT2D eigenvalue weighted by molar-refractivity contribution is 0.0951. The number of aryl methyl sites for hydroxylation is 3. The summed E-state index contributed by atoms with van der Waals surface area (Å²) in [6, 6.07) is 13.8. The van der Waals surface area contributed by atoms with E-state index < -0.39 is 0 Å². The lowest BCUT2D eigenvalue weighted by Gasteiger charge is -2.12. The molecule has 0 bridgehead atoms. The molecule has 152 valence electrons. The number of hydrogen-bond donors (Lipinski definition) is 1. The van der Waals surface area contributed by atoms with Crippen LogP contribution in [0.4, 0.5) is 0 Å². The second-order valence-electron chi connectivity index (χ2n) is 6.91. The van der Waals surface area contributed by atoms with Gasteiger partial charge in [0.25, 0.3) is 5.91 Å². The SMILES string of the molecule is COc1ccc(C)cc1CCNC(=O)c1ccccc1SCc1c(C)noc1C. The molecule has 2 aromatic carbocycles. The van der Waals surface area contributed by atoms with E-state index in [1.54, 1.807) is 18.9 Å². The van der Waals surface area contributed by atoms with Crippen molar-refractivity contribution in [2.24, 2.45) is 0 Å². The van der Waals surface area contributed by atoms with Crippen molar-refractivity contribution in [3.63, 3.8) is 0 Å². The topological polar surface area (TPSA) is 64.4 Å². The van der Waals surface area contributed by atoms with Crippen molar-refractivity contribution in [3.8, 4) is 5.75 Å². The van der Waals surface area contributed by atoms with Gasteiger partial charge in [-0.2, -0.15) is 0 Å². The third kappa shape index (κ3) is 5.21. The molecule has 0 aliphatic rings. The highest BCUT2D eigenvalue weighted by molar-refractivity contribution is 7.98. The maximum absolute atomic E-state index is 12.8. The van der Waals surface area contributed by atoms with Gasteiger partial charge in [0.1, 0.15) is 11.5 Å². The van der Waals surface area contributed by atoms with Crippen LogP contribution in [0.15, 0.2) is 51.9 Å². The summed E-state index contributed by atoms with van der Waals surface area (Å²) in [7, 11) is 1.67. The minimum absolute atomic E-state index is 0.0708. The summed E-state index contributed by atoms with van der Waals surface area (Å²) in [6.45, 7) is 6.44. The van der Waals surface area contributed by atoms with Gasteiger partial charge in [-0.1, -0.05) is 35.0 Å². The molecule has 0 aliphatic carbocycles. The van der Waals surface area contributed by atoms with E-state index in [4.69, 9.17) is 9.26 Å². The van der Waals surface area contributed by atoms with E-state index in [9.17, 15) is 4.79 Å². The van der Waals surface area contributed by atoms with Crippen LogP contribution in [0.5, 0.6) is 5.75 Å². The van der Waals surface area contributed by atoms with Crippen LogP contribution in [-0.4, -0.2) is 24.7 Å². The summed E-state index contributed by atoms with van der Waals surface area (Å²) in [5.41, 5.74) is 4.92. The molecule has 1 aromatic heterocycles. The first-order valence-corrected chi connectivity index (χ1v) is 10.5. The van der Waals surface area contributed by atoms with E-state index in [1.807, 2.05) is 57.2 Å². The quantitative estimate of drug-likeness (QED) is 0.537. The van der Waals surface area contributed by atoms with Crippen LogP contribution in [0.25, 0.3) is 0 Å². The fourth-order valence-electron chi connectivity index (χ4n) is 3.15. The number of nitrogens with zero attached hydrogens (tertiary/aromatic N) is 1. The van der Waals surface area contributed by atoms with Crippen LogP contribution >= 0.6 is 11.8 Å². The lowest BCUT2D eigenvalue weighted by atomic mass is 10.1. The van der Waals surface area contributed by atoms with E-state index in [0.717, 1.165) is 33.2 Å². The maximum Gasteiger partial charge on any atom is 0.252 e. The van der Waals surface area contributed by atoms with Gasteiger partial charge in [-0.05, 0) is 51.0 Å². The van der Waals surface area contributed by atoms with Crippen molar-refractivity contribution in [3.05, 3.63) is 76.2 Å². The molecular formula is C23H26N2O3S. The van der Waals surface area contributed by atoms with Gasteiger partial charge >= 0.3 is 0 Å². The first-order chi connectivity index (χ1) is 14.0. The fourth-order valence-corrected chi connectivity index (χ4v) is 4.35. The molecule has 1 amide bonds. The van der Waals surface area contributed by atoms with Gasteiger partial charge in [-0.3, -0.25) is 4.79 Å². The molecule has 0 fully saturated rings. The largest absolute Gasteiger partial charge is 0.496 e. The number of carbonyl (C=O) groups is 1. The summed E-state index contributed by atoms with van der Waals surface area (Å²) in [6.07, 6.45) is 0.713. The number of rotatable bonds is 8. The number of nitrogens with one attached hydrogen (secondary N) is 1. The van der Waals surface area contributed by atoms with E-state index >= 15 is 0 Å². The Morgan fingerprint density at radius 1 is 1.17 bits per heavy atom. The lowest BCUT2D eigenvalue weighted by Crippen LogP contribution is -2.26. The van der Waals surface area contributed by atoms with E-state index in [1.165, 1.54) is 5.56 Å². The average Bonchev–Trinajstić information content (AvgIpc) is 3.04. The summed E-state index contributed by atoms with van der Waals surface area (Å²) in [4.78, 5) is 13.7. The number of methoxy groups -OCH3 is 1. The predicted octanol–water partition coefficient (Wildman–Crippen LogP) is 4.87. The Hall–Kier alpha value is -2.73. The van der Waals surface area contributed by atoms with Crippen molar-refractivity contribution in [2.75, 3.05) is 13.7 Å². The molecule has 0 saturated heterocycles. The molecule has 1 N–H and O–H groups in total. The van der Waals surface area contributed by atoms with Gasteiger partial charge in [0, 0.05) is 22.8 Å². The van der Waals surface area contributed by atoms with Crippen LogP contribution in [-0.2, 0) is 12.2 Å². The number of hydrogen-bond acceptors (Lipinski definition) is 5. The number of amides is 1. The monoisotopic (exact) mass is 410 g/mol. The Kier molecular flexibility index (Phi) is 6.99. The molecule has 0 atom stereocenters. The Bertz CT molecular complexity index is 978. The molecular weight excluding hydrogens is 384 g/mol. The summed E-state index contributed by atoms with van der Waals surface area (Å²) >= 11 is 1.62. The zero-order valence-corrected chi connectivity index (χ0v) is 18.1. The molecule has 0 saturated carbocycles. The van der Waals surface area contributed by atoms with Gasteiger partial charge in [0.2, 0.25) is 0 Å². The first kappa shape index (κ1) is 21.0. The zero-order valence-electron chi connectivity index (χ0n) is 17.2. The van der Waals surface area contributed by atoms with Crippen LogP contribution in [0.3, 0.4) is 0 Å². The highest BCUT2D eigenvalue weighted by Gasteiger charge is 2.14. The third-order valence-electron chi connectivity index (χ3n) is 4.80. The summed E-state index contributed by atoms with van der Waals surface area (Å²) in [5.74, 6) is 2.31. The van der Waals surface area contributed by atoms with Crippen molar-refractivity contribution in [2.45, 2.75) is 37.8 Å². The van der Waals surface area contributed by atoms with Gasteiger partial charge < -0.3 is 14.6 Å². The minimum atomic E-state index is -0.0708. The Balaban J connectivity index is 1.63. The molecule has 6 heteroatoms. The van der Waals surface area contributed by atoms with Gasteiger partial charge in [-0.15, -0.1) is 11.8 Å². The first-order valence-electron chi connectivity index (χ1n) is 9.55. The molecule has 0 unspecified atom stereocenters. The van der Waals surface area contributed by atoms with Crippen molar-refractivity contribution < 1.29 is 14.1 Å². The van der Waals surface area contributed by atoms with Crippen LogP contribution in [0.1, 0.15) is 38.5 Å². The standard InChI is InChI=1S/C23H26N2O3S/c1-15-9-10-21(27-4)18(13-15)11-12-24-23(26)19-7-5-6-8-22(19)29-14-20-16(2)25-28-17(20)3/h5-10,13H,11-12,14H2,1-4H3,(H,24,26). The second kappa shape index (κ2) is 9.65. The number of benzene rings is 2. The predicted molar refractivity (Wildman–Crippen MR) is 116 cm³/mol. The highest BCUT2D eigenvalue weighted by Crippen LogP contribution is 2.29. The normalized spacial score (nSPS) is 10.8. The molecule has 5 nitrogen and oxygen atoms in total. The molecule has 29 heavy (non-hydrogen) atoms. The van der Waals surface area contributed by atoms with E-state index in [0.29, 0.717) is 24.3 Å². The summed E-state index contributed by atoms with van der Waals surface area (Å²) < 4.78 is 10.7. The Morgan fingerprint density at radius 2 is 1.97 bits per heavy atom. The average molecular weight is 411 g/mol. The van der Waals surface area contributed by atoms with E-state index in [-0.39, 0.29) is 5.91 Å². The van der Waals surface area contributed by atoms with Crippen LogP contribution in [0, 0.1) is 20.8 Å². The minimum Gasteiger partial charge on any atom is -0.496 e. The number of aromatic nitrogens is 1. The van der Waals surface area contributed by atoms with Crippen LogP contribution in [0.2, 0.25) is 0 Å². The van der Waals surface area contributed by atoms with Gasteiger partial charge in [-0.25, -0.2) is 0 Å². The summed E-state index contributed by atoms with van der Waals surface area (Å²) in [5, 5.41) is 7.03. The van der Waals surface area contributed by atoms with E-state index in [2.05, 4.69) is 16.5 Å². The van der Waals surface area contributed by atoms with Gasteiger partial charge in [0.05, 0.1) is 18.4 Å². The number of ether oxygens (including phenoxy) is 1. The molecule has 1 heterocycles. The third-order valence-corrected chi connectivity index (χ3v) is 5.90. The molecule has 0 spiro atoms. The fraction of sp³-hybridized carbons (Fsp3) is 0.304. The second-order valence-corrected chi connectivity index (χ2v) is 7.93. The van der Waals surface area contributed by atoms with Crippen LogP contribution < -0.4 is 10.1 Å². The smallest absolute Gasteiger partial charge is 0.252 e. The number of thioether (sulfide) groups is 1. The molecule has 0 aliphatic heterocycles. The highest BCUT2D eigenvalue weighted by atomic mass is 32.2. The van der Waals surface area contributed by atoms with Gasteiger partial charge in [0.15, 0.2) is 0 Å². The number of carbonyl (C=O) groups excluding carboxylic acids is 1. The Labute approximate surface area is 175 Å². The Morgan fingerprint density at radius 3 is 2.69 bits per heavy atom.